The third-order valence-electron chi connectivity index (χ3n) is 14.2. The van der Waals surface area contributed by atoms with Crippen molar-refractivity contribution in [3.05, 3.63) is 228 Å². The van der Waals surface area contributed by atoms with Crippen LogP contribution in [0, 0.1) is 0 Å². The molecule has 0 fully saturated rings. The van der Waals surface area contributed by atoms with E-state index in [1.165, 1.54) is 99.6 Å². The first-order chi connectivity index (χ1) is 30.2. The van der Waals surface area contributed by atoms with E-state index in [1.54, 1.807) is 0 Å². The van der Waals surface area contributed by atoms with Gasteiger partial charge in [0, 0.05) is 38.0 Å². The van der Waals surface area contributed by atoms with Crippen molar-refractivity contribution in [2.75, 3.05) is 4.90 Å². The fourth-order valence-corrected chi connectivity index (χ4v) is 12.1. The Labute approximate surface area is 370 Å². The number of anilines is 3. The summed E-state index contributed by atoms with van der Waals surface area (Å²) >= 11 is 2.01. The minimum absolute atomic E-state index is 0.168. The van der Waals surface area contributed by atoms with Crippen molar-refractivity contribution >= 4 is 40.0 Å². The molecule has 0 spiro atoms. The number of allylic oxidation sites excluding steroid dienone is 3. The average Bonchev–Trinajstić information content (AvgIpc) is 3.88. The van der Waals surface area contributed by atoms with Gasteiger partial charge in [-0.2, -0.15) is 0 Å². The number of thioether (sulfide) groups is 1. The Hall–Kier alpha value is -6.61. The van der Waals surface area contributed by atoms with E-state index in [1.807, 2.05) is 11.8 Å². The van der Waals surface area contributed by atoms with Gasteiger partial charge in [-0.25, -0.2) is 0 Å². The Morgan fingerprint density at radius 3 is 1.48 bits per heavy atom. The maximum atomic E-state index is 2.48. The van der Waals surface area contributed by atoms with Gasteiger partial charge in [-0.3, -0.25) is 0 Å². The van der Waals surface area contributed by atoms with Gasteiger partial charge >= 0.3 is 0 Å². The summed E-state index contributed by atoms with van der Waals surface area (Å²) in [7, 11) is 0. The van der Waals surface area contributed by atoms with Gasteiger partial charge in [0.1, 0.15) is 0 Å². The zero-order valence-electron chi connectivity index (χ0n) is 35.6. The second-order valence-corrected chi connectivity index (χ2v) is 19.7. The highest BCUT2D eigenvalue weighted by Crippen LogP contribution is 2.55. The smallest absolute Gasteiger partial charge is 0.0465 e. The van der Waals surface area contributed by atoms with Crippen molar-refractivity contribution in [1.29, 1.82) is 0 Å². The molecule has 3 aliphatic carbocycles. The predicted octanol–water partition coefficient (Wildman–Crippen LogP) is 16.4. The quantitative estimate of drug-likeness (QED) is 0.165. The lowest BCUT2D eigenvalue weighted by Crippen LogP contribution is -2.18. The minimum atomic E-state index is -0.182. The van der Waals surface area contributed by atoms with Crippen LogP contribution in [-0.4, -0.2) is 5.25 Å². The van der Waals surface area contributed by atoms with E-state index >= 15 is 0 Å². The highest BCUT2D eigenvalue weighted by Gasteiger charge is 2.39. The SMILES string of the molecule is CC1(C)c2cc(C3=CCC4Sc5ccccc5C4=C3)ccc2-c2ccc(N(c3ccc(-c4ccccc4)cc3)c3ccc4c(c3)C(C)(C)c3cc(-c5ccccc5)ccc3-4)cc21. The van der Waals surface area contributed by atoms with E-state index in [0.29, 0.717) is 5.25 Å². The molecule has 0 aromatic heterocycles. The maximum Gasteiger partial charge on any atom is 0.0465 e. The van der Waals surface area contributed by atoms with Crippen LogP contribution in [0.4, 0.5) is 17.1 Å². The molecule has 1 aliphatic heterocycles. The molecular formula is C60H47NS. The Balaban J connectivity index is 0.940. The van der Waals surface area contributed by atoms with Gasteiger partial charge in [0.05, 0.1) is 0 Å². The Morgan fingerprint density at radius 2 is 0.871 bits per heavy atom. The second kappa shape index (κ2) is 14.0. The van der Waals surface area contributed by atoms with E-state index in [0.717, 1.165) is 17.8 Å². The van der Waals surface area contributed by atoms with Gasteiger partial charge in [-0.05, 0) is 156 Å². The van der Waals surface area contributed by atoms with Crippen LogP contribution in [0.1, 0.15) is 67.5 Å². The van der Waals surface area contributed by atoms with Crippen LogP contribution in [0.3, 0.4) is 0 Å². The van der Waals surface area contributed by atoms with E-state index in [2.05, 4.69) is 227 Å². The van der Waals surface area contributed by atoms with Crippen LogP contribution in [0.5, 0.6) is 0 Å². The lowest BCUT2D eigenvalue weighted by atomic mass is 9.80. The summed E-state index contributed by atoms with van der Waals surface area (Å²) in [4.78, 5) is 3.88. The number of rotatable bonds is 6. The summed E-state index contributed by atoms with van der Waals surface area (Å²) in [6.45, 7) is 9.61. The van der Waals surface area contributed by atoms with Crippen molar-refractivity contribution in [2.45, 2.75) is 55.1 Å². The first kappa shape index (κ1) is 37.2. The first-order valence-corrected chi connectivity index (χ1v) is 22.9. The molecule has 0 radical (unpaired) electrons. The number of hydrogen-bond donors (Lipinski definition) is 0. The van der Waals surface area contributed by atoms with E-state index in [4.69, 9.17) is 0 Å². The summed E-state index contributed by atoms with van der Waals surface area (Å²) in [6, 6.07) is 68.1. The van der Waals surface area contributed by atoms with Crippen LogP contribution in [0.25, 0.3) is 55.7 Å². The third-order valence-corrected chi connectivity index (χ3v) is 15.5. The van der Waals surface area contributed by atoms with Crippen molar-refractivity contribution in [1.82, 2.24) is 0 Å². The molecule has 0 saturated heterocycles. The Bertz CT molecular complexity index is 3170. The zero-order chi connectivity index (χ0) is 41.7. The van der Waals surface area contributed by atoms with E-state index in [9.17, 15) is 0 Å². The van der Waals surface area contributed by atoms with E-state index < -0.39 is 0 Å². The van der Waals surface area contributed by atoms with Gasteiger partial charge in [-0.1, -0.05) is 161 Å². The third kappa shape index (κ3) is 5.77. The lowest BCUT2D eigenvalue weighted by molar-refractivity contribution is 0.660. The van der Waals surface area contributed by atoms with Gasteiger partial charge in [0.25, 0.3) is 0 Å². The fraction of sp³-hybridized carbons (Fsp3) is 0.133. The van der Waals surface area contributed by atoms with Crippen molar-refractivity contribution in [2.24, 2.45) is 0 Å². The topological polar surface area (TPSA) is 3.24 Å². The molecule has 0 amide bonds. The maximum absolute atomic E-state index is 2.48. The van der Waals surface area contributed by atoms with Crippen LogP contribution >= 0.6 is 11.8 Å². The number of benzene rings is 8. The van der Waals surface area contributed by atoms with Crippen LogP contribution in [-0.2, 0) is 10.8 Å². The van der Waals surface area contributed by atoms with Gasteiger partial charge in [0.2, 0.25) is 0 Å². The van der Waals surface area contributed by atoms with Crippen molar-refractivity contribution in [3.63, 3.8) is 0 Å². The first-order valence-electron chi connectivity index (χ1n) is 22.0. The largest absolute Gasteiger partial charge is 0.310 e. The Morgan fingerprint density at radius 1 is 0.419 bits per heavy atom. The standard InChI is InChI=1S/C60H47NS/c1-59(2)53-34-42(39-15-9-6-10-16-39)21-28-47(53)49-30-26-45(36-55(49)59)61(44-24-19-40(20-25-44)38-13-7-5-8-14-38)46-27-31-50-48-29-22-43(35-54(48)60(3,4)56(50)37-46)41-23-32-58-52(33-41)51-17-11-12-18-57(51)62-58/h5-31,33-37,58H,32H2,1-4H3. The molecule has 2 heteroatoms. The molecule has 0 saturated carbocycles. The van der Waals surface area contributed by atoms with Crippen molar-refractivity contribution < 1.29 is 0 Å². The molecular weight excluding hydrogens is 767 g/mol. The minimum Gasteiger partial charge on any atom is -0.310 e. The Kier molecular flexibility index (Phi) is 8.37. The van der Waals surface area contributed by atoms with Gasteiger partial charge in [-0.15, -0.1) is 11.8 Å². The molecule has 1 atom stereocenters. The molecule has 1 nitrogen and oxygen atoms in total. The number of fused-ring (bicyclic) bond motifs is 9. The molecule has 0 bridgehead atoms. The molecule has 1 unspecified atom stereocenters. The highest BCUT2D eigenvalue weighted by molar-refractivity contribution is 8.00. The fourth-order valence-electron chi connectivity index (χ4n) is 10.8. The normalized spacial score (nSPS) is 16.9. The summed E-state index contributed by atoms with van der Waals surface area (Å²) in [5.74, 6) is 0. The van der Waals surface area contributed by atoms with E-state index in [-0.39, 0.29) is 10.8 Å². The molecule has 8 aromatic rings. The number of hydrogen-bond acceptors (Lipinski definition) is 2. The van der Waals surface area contributed by atoms with Gasteiger partial charge < -0.3 is 4.90 Å². The molecule has 12 rings (SSSR count). The molecule has 4 aliphatic rings. The van der Waals surface area contributed by atoms with Crippen molar-refractivity contribution in [3.8, 4) is 44.5 Å². The van der Waals surface area contributed by atoms with Crippen LogP contribution < -0.4 is 4.90 Å². The lowest BCUT2D eigenvalue weighted by Gasteiger charge is -2.30. The molecule has 298 valence electrons. The molecule has 0 N–H and O–H groups in total. The van der Waals surface area contributed by atoms with Gasteiger partial charge in [0.15, 0.2) is 0 Å². The second-order valence-electron chi connectivity index (χ2n) is 18.4. The molecule has 62 heavy (non-hydrogen) atoms. The summed E-state index contributed by atoms with van der Waals surface area (Å²) in [5.41, 5.74) is 24.4. The zero-order valence-corrected chi connectivity index (χ0v) is 36.4. The van der Waals surface area contributed by atoms with Crippen LogP contribution in [0.15, 0.2) is 199 Å². The molecule has 8 aromatic carbocycles. The summed E-state index contributed by atoms with van der Waals surface area (Å²) in [6.07, 6.45) is 5.98. The average molecular weight is 814 g/mol. The number of nitrogens with zero attached hydrogens (tertiary/aromatic N) is 1. The van der Waals surface area contributed by atoms with Crippen LogP contribution in [0.2, 0.25) is 0 Å². The summed E-state index contributed by atoms with van der Waals surface area (Å²) < 4.78 is 0. The monoisotopic (exact) mass is 813 g/mol. The highest BCUT2D eigenvalue weighted by atomic mass is 32.2. The predicted molar refractivity (Wildman–Crippen MR) is 264 cm³/mol. The molecule has 1 heterocycles. The summed E-state index contributed by atoms with van der Waals surface area (Å²) in [5, 5.41) is 0.516.